The van der Waals surface area contributed by atoms with E-state index in [2.05, 4.69) is 0 Å². The van der Waals surface area contributed by atoms with E-state index < -0.39 is 17.9 Å². The van der Waals surface area contributed by atoms with Crippen LogP contribution in [0.4, 0.5) is 5.95 Å². The van der Waals surface area contributed by atoms with E-state index in [1.54, 1.807) is 36.1 Å². The number of amides is 1. The largest absolute Gasteiger partial charge is 0.508 e. The minimum absolute atomic E-state index is 0.110. The number of para-hydroxylation sites is 2. The monoisotopic (exact) mass is 455 g/mol. The quantitative estimate of drug-likeness (QED) is 0.350. The van der Waals surface area contributed by atoms with E-state index in [1.165, 1.54) is 0 Å². The van der Waals surface area contributed by atoms with Crippen LogP contribution in [0.2, 0.25) is 0 Å². The van der Waals surface area contributed by atoms with E-state index >= 15 is 0 Å². The number of benzene rings is 3. The third kappa shape index (κ3) is 3.79. The number of carbonyl (C=O) groups is 2. The van der Waals surface area contributed by atoms with Crippen molar-refractivity contribution in [3.05, 3.63) is 90.0 Å². The molecule has 5 rings (SSSR count). The summed E-state index contributed by atoms with van der Waals surface area (Å²) in [6.45, 7) is 2.28. The van der Waals surface area contributed by atoms with Gasteiger partial charge in [-0.1, -0.05) is 54.6 Å². The van der Waals surface area contributed by atoms with Crippen molar-refractivity contribution in [1.82, 2.24) is 9.55 Å². The number of hydrogen-bond donors (Lipinski definition) is 1. The van der Waals surface area contributed by atoms with E-state index in [1.807, 2.05) is 59.2 Å². The Hall–Kier alpha value is -4.13. The molecule has 0 fully saturated rings. The Bertz CT molecular complexity index is 1330. The van der Waals surface area contributed by atoms with E-state index in [4.69, 9.17) is 9.72 Å². The van der Waals surface area contributed by atoms with Gasteiger partial charge in [0.05, 0.1) is 23.7 Å². The molecular weight excluding hydrogens is 430 g/mol. The standard InChI is InChI=1S/C27H25N3O4/c1-2-34-26(33)23-24(19-12-14-20(31)15-13-19)30-22-11-7-6-10-21(22)28-27(30)29(25(23)32)17-16-18-8-4-3-5-9-18/h3-15,23-24,31H,2,16-17H2,1H3/t23-,24-/m0/s1. The molecule has 0 saturated carbocycles. The van der Waals surface area contributed by atoms with Crippen LogP contribution in [0.1, 0.15) is 24.1 Å². The highest BCUT2D eigenvalue weighted by atomic mass is 16.5. The smallest absolute Gasteiger partial charge is 0.321 e. The van der Waals surface area contributed by atoms with Gasteiger partial charge in [0, 0.05) is 6.54 Å². The molecular formula is C27H25N3O4. The number of aromatic hydroxyl groups is 1. The van der Waals surface area contributed by atoms with Crippen molar-refractivity contribution >= 4 is 28.9 Å². The normalized spacial score (nSPS) is 17.6. The van der Waals surface area contributed by atoms with Crippen molar-refractivity contribution in [2.24, 2.45) is 5.92 Å². The van der Waals surface area contributed by atoms with Crippen LogP contribution in [-0.2, 0) is 20.7 Å². The predicted octanol–water partition coefficient (Wildman–Crippen LogP) is 4.10. The van der Waals surface area contributed by atoms with Crippen LogP contribution in [0.15, 0.2) is 78.9 Å². The molecule has 7 heteroatoms. The van der Waals surface area contributed by atoms with Gasteiger partial charge in [0.25, 0.3) is 0 Å². The Labute approximate surface area is 197 Å². The maximum Gasteiger partial charge on any atom is 0.321 e. The minimum Gasteiger partial charge on any atom is -0.508 e. The summed E-state index contributed by atoms with van der Waals surface area (Å²) >= 11 is 0. The fraction of sp³-hybridized carbons (Fsp3) is 0.222. The SMILES string of the molecule is CCOC(=O)[C@@H]1C(=O)N(CCc2ccccc2)c2nc3ccccc3n2[C@H]1c1ccc(O)cc1. The maximum atomic E-state index is 13.9. The van der Waals surface area contributed by atoms with Crippen LogP contribution >= 0.6 is 0 Å². The average Bonchev–Trinajstić information content (AvgIpc) is 3.23. The van der Waals surface area contributed by atoms with Gasteiger partial charge in [0.2, 0.25) is 11.9 Å². The van der Waals surface area contributed by atoms with E-state index in [0.717, 1.165) is 22.2 Å². The number of carbonyl (C=O) groups excluding carboxylic acids is 2. The second-order valence-electron chi connectivity index (χ2n) is 8.26. The number of imidazole rings is 1. The molecule has 3 aromatic carbocycles. The van der Waals surface area contributed by atoms with Gasteiger partial charge in [0.1, 0.15) is 5.75 Å². The lowest BCUT2D eigenvalue weighted by molar-refractivity contribution is -0.153. The first kappa shape index (κ1) is 21.7. The summed E-state index contributed by atoms with van der Waals surface area (Å²) in [6.07, 6.45) is 0.620. The molecule has 2 heterocycles. The minimum atomic E-state index is -1.08. The third-order valence-electron chi connectivity index (χ3n) is 6.19. The van der Waals surface area contributed by atoms with Crippen LogP contribution < -0.4 is 4.90 Å². The zero-order valence-electron chi connectivity index (χ0n) is 18.8. The molecule has 0 aliphatic carbocycles. The fourth-order valence-electron chi connectivity index (χ4n) is 4.62. The number of phenolic OH excluding ortho intramolecular Hbond substituents is 1. The molecule has 0 spiro atoms. The number of ether oxygens (including phenoxy) is 1. The van der Waals surface area contributed by atoms with Crippen LogP contribution in [-0.4, -0.2) is 39.7 Å². The lowest BCUT2D eigenvalue weighted by atomic mass is 9.89. The highest BCUT2D eigenvalue weighted by Crippen LogP contribution is 2.41. The summed E-state index contributed by atoms with van der Waals surface area (Å²) in [5.41, 5.74) is 3.37. The number of nitrogens with zero attached hydrogens (tertiary/aromatic N) is 3. The molecule has 34 heavy (non-hydrogen) atoms. The molecule has 1 aliphatic rings. The number of hydrogen-bond acceptors (Lipinski definition) is 5. The average molecular weight is 456 g/mol. The van der Waals surface area contributed by atoms with Crippen LogP contribution in [0.25, 0.3) is 11.0 Å². The zero-order valence-corrected chi connectivity index (χ0v) is 18.8. The van der Waals surface area contributed by atoms with Crippen molar-refractivity contribution in [2.45, 2.75) is 19.4 Å². The Morgan fingerprint density at radius 3 is 2.44 bits per heavy atom. The fourth-order valence-corrected chi connectivity index (χ4v) is 4.62. The van der Waals surface area contributed by atoms with Gasteiger partial charge in [-0.25, -0.2) is 4.98 Å². The Balaban J connectivity index is 1.68. The Kier molecular flexibility index (Phi) is 5.76. The van der Waals surface area contributed by atoms with Gasteiger partial charge < -0.3 is 14.4 Å². The van der Waals surface area contributed by atoms with Crippen LogP contribution in [0.5, 0.6) is 5.75 Å². The summed E-state index contributed by atoms with van der Waals surface area (Å²) in [4.78, 5) is 33.5. The summed E-state index contributed by atoms with van der Waals surface area (Å²) in [5, 5.41) is 9.83. The summed E-state index contributed by atoms with van der Waals surface area (Å²) in [6, 6.07) is 23.5. The summed E-state index contributed by atoms with van der Waals surface area (Å²) in [5.74, 6) is -1.38. The molecule has 0 saturated heterocycles. The predicted molar refractivity (Wildman–Crippen MR) is 129 cm³/mol. The first-order valence-corrected chi connectivity index (χ1v) is 11.4. The zero-order chi connectivity index (χ0) is 23.7. The van der Waals surface area contributed by atoms with Gasteiger partial charge >= 0.3 is 5.97 Å². The summed E-state index contributed by atoms with van der Waals surface area (Å²) in [7, 11) is 0. The van der Waals surface area contributed by atoms with E-state index in [9.17, 15) is 14.7 Å². The van der Waals surface area contributed by atoms with Crippen molar-refractivity contribution in [1.29, 1.82) is 0 Å². The van der Waals surface area contributed by atoms with Crippen LogP contribution in [0, 0.1) is 5.92 Å². The van der Waals surface area contributed by atoms with Gasteiger partial charge in [-0.15, -0.1) is 0 Å². The highest BCUT2D eigenvalue weighted by molar-refractivity contribution is 6.08. The first-order chi connectivity index (χ1) is 16.6. The van der Waals surface area contributed by atoms with Gasteiger partial charge in [-0.05, 0) is 48.7 Å². The molecule has 4 aromatic rings. The lowest BCUT2D eigenvalue weighted by Gasteiger charge is -2.38. The van der Waals surface area contributed by atoms with E-state index in [0.29, 0.717) is 18.9 Å². The molecule has 1 N–H and O–H groups in total. The van der Waals surface area contributed by atoms with Gasteiger partial charge in [-0.2, -0.15) is 0 Å². The van der Waals surface area contributed by atoms with Crippen molar-refractivity contribution in [2.75, 3.05) is 18.1 Å². The number of aromatic nitrogens is 2. The Morgan fingerprint density at radius 1 is 1.00 bits per heavy atom. The Morgan fingerprint density at radius 2 is 1.71 bits per heavy atom. The number of anilines is 1. The number of esters is 1. The molecule has 1 aliphatic heterocycles. The second-order valence-corrected chi connectivity index (χ2v) is 8.26. The molecule has 1 amide bonds. The molecule has 0 radical (unpaired) electrons. The third-order valence-corrected chi connectivity index (χ3v) is 6.19. The first-order valence-electron chi connectivity index (χ1n) is 11.4. The van der Waals surface area contributed by atoms with Crippen molar-refractivity contribution in [3.63, 3.8) is 0 Å². The maximum absolute atomic E-state index is 13.9. The lowest BCUT2D eigenvalue weighted by Crippen LogP contribution is -2.50. The summed E-state index contributed by atoms with van der Waals surface area (Å²) < 4.78 is 7.33. The number of rotatable bonds is 6. The topological polar surface area (TPSA) is 84.7 Å². The second kappa shape index (κ2) is 9.02. The molecule has 0 unspecified atom stereocenters. The molecule has 172 valence electrons. The van der Waals surface area contributed by atoms with Gasteiger partial charge in [-0.3, -0.25) is 14.5 Å². The molecule has 0 bridgehead atoms. The highest BCUT2D eigenvalue weighted by Gasteiger charge is 2.47. The van der Waals surface area contributed by atoms with Crippen LogP contribution in [0.3, 0.4) is 0 Å². The molecule has 7 nitrogen and oxygen atoms in total. The van der Waals surface area contributed by atoms with E-state index in [-0.39, 0.29) is 18.3 Å². The molecule has 1 aromatic heterocycles. The van der Waals surface area contributed by atoms with Crippen molar-refractivity contribution in [3.8, 4) is 5.75 Å². The van der Waals surface area contributed by atoms with Crippen molar-refractivity contribution < 1.29 is 19.4 Å². The number of phenols is 1. The number of fused-ring (bicyclic) bond motifs is 3. The van der Waals surface area contributed by atoms with Gasteiger partial charge in [0.15, 0.2) is 5.92 Å². The molecule has 2 atom stereocenters.